The molecule has 2 atom stereocenters. The lowest BCUT2D eigenvalue weighted by Crippen LogP contribution is -2.30. The molecule has 1 N–H and O–H groups in total. The van der Waals surface area contributed by atoms with Gasteiger partial charge in [-0.3, -0.25) is 9.00 Å². The number of carbonyl (C=O) groups is 2. The lowest BCUT2D eigenvalue weighted by molar-refractivity contribution is -0.123. The molecule has 26 heavy (non-hydrogen) atoms. The van der Waals surface area contributed by atoms with Gasteiger partial charge in [-0.15, -0.1) is 0 Å². The summed E-state index contributed by atoms with van der Waals surface area (Å²) in [5.41, 5.74) is 0.524. The van der Waals surface area contributed by atoms with Crippen LogP contribution >= 0.6 is 11.6 Å². The zero-order valence-electron chi connectivity index (χ0n) is 14.4. The summed E-state index contributed by atoms with van der Waals surface area (Å²) in [6, 6.07) is 11.2. The predicted octanol–water partition coefficient (Wildman–Crippen LogP) is 3.27. The summed E-state index contributed by atoms with van der Waals surface area (Å²) in [6.45, 7) is 1.44. The molecule has 0 heterocycles. The average molecular weight is 396 g/mol. The number of methoxy groups -OCH3 is 1. The molecule has 0 unspecified atom stereocenters. The van der Waals surface area contributed by atoms with E-state index in [-0.39, 0.29) is 5.56 Å². The van der Waals surface area contributed by atoms with Crippen LogP contribution in [0.1, 0.15) is 17.3 Å². The standard InChI is InChI=1S/C18H18ClNO5S/c1-11(17(21)20-14-10-12(19)8-9-15(14)24-2)25-18(22)13-6-4-5-7-16(13)26(3)23/h4-11H,1-3H3,(H,20,21)/t11-,26-/m1/s1. The van der Waals surface area contributed by atoms with Gasteiger partial charge < -0.3 is 14.8 Å². The third-order valence-corrected chi connectivity index (χ3v) is 4.70. The predicted molar refractivity (Wildman–Crippen MR) is 100 cm³/mol. The minimum absolute atomic E-state index is 0.160. The van der Waals surface area contributed by atoms with E-state index in [1.807, 2.05) is 0 Å². The molecule has 8 heteroatoms. The summed E-state index contributed by atoms with van der Waals surface area (Å²) < 4.78 is 22.1. The molecule has 0 fully saturated rings. The first-order valence-electron chi connectivity index (χ1n) is 7.61. The van der Waals surface area contributed by atoms with E-state index in [9.17, 15) is 13.8 Å². The third kappa shape index (κ3) is 4.83. The van der Waals surface area contributed by atoms with Gasteiger partial charge in [-0.2, -0.15) is 0 Å². The number of nitrogens with one attached hydrogen (secondary N) is 1. The Hall–Kier alpha value is -2.38. The normalized spacial score (nSPS) is 12.8. The number of carbonyl (C=O) groups excluding carboxylic acids is 2. The molecule has 138 valence electrons. The first kappa shape index (κ1) is 19.9. The van der Waals surface area contributed by atoms with Crippen molar-refractivity contribution < 1.29 is 23.3 Å². The van der Waals surface area contributed by atoms with Gasteiger partial charge >= 0.3 is 5.97 Å². The molecule has 0 saturated heterocycles. The molecular formula is C18H18ClNO5S. The molecular weight excluding hydrogens is 378 g/mol. The Morgan fingerprint density at radius 3 is 2.54 bits per heavy atom. The van der Waals surface area contributed by atoms with Crippen LogP contribution in [0.2, 0.25) is 5.02 Å². The van der Waals surface area contributed by atoms with E-state index in [1.165, 1.54) is 32.4 Å². The second-order valence-corrected chi connectivity index (χ2v) is 7.12. The lowest BCUT2D eigenvalue weighted by atomic mass is 10.2. The number of hydrogen-bond acceptors (Lipinski definition) is 5. The van der Waals surface area contributed by atoms with E-state index in [0.717, 1.165) is 0 Å². The van der Waals surface area contributed by atoms with Gasteiger partial charge in [-0.25, -0.2) is 4.79 Å². The fourth-order valence-corrected chi connectivity index (χ4v) is 3.08. The Labute approximate surface area is 158 Å². The van der Waals surface area contributed by atoms with Crippen molar-refractivity contribution in [1.29, 1.82) is 0 Å². The number of benzene rings is 2. The van der Waals surface area contributed by atoms with Gasteiger partial charge in [0.15, 0.2) is 6.10 Å². The molecule has 0 aromatic heterocycles. The maximum atomic E-state index is 12.3. The van der Waals surface area contributed by atoms with E-state index < -0.39 is 28.8 Å². The Balaban J connectivity index is 2.11. The third-order valence-electron chi connectivity index (χ3n) is 3.49. The minimum Gasteiger partial charge on any atom is -0.495 e. The van der Waals surface area contributed by atoms with Gasteiger partial charge in [-0.1, -0.05) is 23.7 Å². The molecule has 0 radical (unpaired) electrons. The quantitative estimate of drug-likeness (QED) is 0.759. The molecule has 0 aliphatic rings. The fourth-order valence-electron chi connectivity index (χ4n) is 2.18. The fraction of sp³-hybridized carbons (Fsp3) is 0.222. The van der Waals surface area contributed by atoms with Crippen LogP contribution < -0.4 is 10.1 Å². The van der Waals surface area contributed by atoms with Gasteiger partial charge in [0.05, 0.1) is 34.1 Å². The number of amides is 1. The molecule has 0 aliphatic carbocycles. The van der Waals surface area contributed by atoms with Crippen molar-refractivity contribution in [2.45, 2.75) is 17.9 Å². The first-order valence-corrected chi connectivity index (χ1v) is 9.55. The van der Waals surface area contributed by atoms with Crippen LogP contribution in [0, 0.1) is 0 Å². The van der Waals surface area contributed by atoms with Crippen molar-refractivity contribution >= 4 is 40.0 Å². The second-order valence-electron chi connectivity index (χ2n) is 5.33. The van der Waals surface area contributed by atoms with Crippen LogP contribution in [0.5, 0.6) is 5.75 Å². The van der Waals surface area contributed by atoms with E-state index in [4.69, 9.17) is 21.1 Å². The van der Waals surface area contributed by atoms with E-state index in [0.29, 0.717) is 21.4 Å². The van der Waals surface area contributed by atoms with Crippen molar-refractivity contribution in [1.82, 2.24) is 0 Å². The van der Waals surface area contributed by atoms with Crippen LogP contribution in [0.4, 0.5) is 5.69 Å². The number of anilines is 1. The SMILES string of the molecule is COc1ccc(Cl)cc1NC(=O)[C@@H](C)OC(=O)c1ccccc1[S@@](C)=O. The largest absolute Gasteiger partial charge is 0.495 e. The van der Waals surface area contributed by atoms with E-state index in [2.05, 4.69) is 5.32 Å². The lowest BCUT2D eigenvalue weighted by Gasteiger charge is -2.16. The van der Waals surface area contributed by atoms with Crippen molar-refractivity contribution in [3.8, 4) is 5.75 Å². The topological polar surface area (TPSA) is 81.7 Å². The summed E-state index contributed by atoms with van der Waals surface area (Å²) in [6.07, 6.45) is 0.387. The highest BCUT2D eigenvalue weighted by atomic mass is 35.5. The zero-order valence-corrected chi connectivity index (χ0v) is 16.0. The zero-order chi connectivity index (χ0) is 19.3. The Morgan fingerprint density at radius 2 is 1.88 bits per heavy atom. The van der Waals surface area contributed by atoms with Gasteiger partial charge in [0, 0.05) is 11.3 Å². The van der Waals surface area contributed by atoms with Gasteiger partial charge in [0.1, 0.15) is 5.75 Å². The molecule has 0 bridgehead atoms. The highest BCUT2D eigenvalue weighted by molar-refractivity contribution is 7.84. The summed E-state index contributed by atoms with van der Waals surface area (Å²) >= 11 is 5.93. The molecule has 0 spiro atoms. The molecule has 0 aliphatic heterocycles. The maximum absolute atomic E-state index is 12.3. The van der Waals surface area contributed by atoms with Crippen LogP contribution in [0.3, 0.4) is 0 Å². The molecule has 2 aromatic carbocycles. The smallest absolute Gasteiger partial charge is 0.340 e. The number of hydrogen-bond donors (Lipinski definition) is 1. The maximum Gasteiger partial charge on any atom is 0.340 e. The molecule has 2 aromatic rings. The van der Waals surface area contributed by atoms with Gasteiger partial charge in [0.25, 0.3) is 5.91 Å². The van der Waals surface area contributed by atoms with E-state index >= 15 is 0 Å². The highest BCUT2D eigenvalue weighted by Crippen LogP contribution is 2.28. The minimum atomic E-state index is -1.36. The summed E-state index contributed by atoms with van der Waals surface area (Å²) in [5.74, 6) is -0.849. The van der Waals surface area contributed by atoms with Crippen molar-refractivity contribution in [2.75, 3.05) is 18.7 Å². The van der Waals surface area contributed by atoms with Crippen molar-refractivity contribution in [2.24, 2.45) is 0 Å². The van der Waals surface area contributed by atoms with Crippen LogP contribution in [-0.4, -0.2) is 35.6 Å². The number of halogens is 1. The van der Waals surface area contributed by atoms with Crippen LogP contribution in [0.25, 0.3) is 0 Å². The molecule has 2 rings (SSSR count). The highest BCUT2D eigenvalue weighted by Gasteiger charge is 2.22. The number of ether oxygens (including phenoxy) is 2. The average Bonchev–Trinajstić information content (AvgIpc) is 2.61. The monoisotopic (exact) mass is 395 g/mol. The summed E-state index contributed by atoms with van der Waals surface area (Å²) in [5, 5.41) is 3.03. The second kappa shape index (κ2) is 8.82. The molecule has 0 saturated carbocycles. The Kier molecular flexibility index (Phi) is 6.76. The number of esters is 1. The van der Waals surface area contributed by atoms with Gasteiger partial charge in [0.2, 0.25) is 0 Å². The van der Waals surface area contributed by atoms with Crippen molar-refractivity contribution in [3.63, 3.8) is 0 Å². The first-order chi connectivity index (χ1) is 12.3. The summed E-state index contributed by atoms with van der Waals surface area (Å²) in [4.78, 5) is 25.0. The Morgan fingerprint density at radius 1 is 1.19 bits per heavy atom. The number of rotatable bonds is 6. The van der Waals surface area contributed by atoms with Crippen molar-refractivity contribution in [3.05, 3.63) is 53.1 Å². The van der Waals surface area contributed by atoms with Gasteiger partial charge in [-0.05, 0) is 37.3 Å². The summed E-state index contributed by atoms with van der Waals surface area (Å²) in [7, 11) is 0.105. The van der Waals surface area contributed by atoms with Crippen LogP contribution in [-0.2, 0) is 20.3 Å². The molecule has 6 nitrogen and oxygen atoms in total. The van der Waals surface area contributed by atoms with Crippen LogP contribution in [0.15, 0.2) is 47.4 Å². The molecule has 1 amide bonds. The Bertz CT molecular complexity index is 855. The van der Waals surface area contributed by atoms with E-state index in [1.54, 1.807) is 30.3 Å².